The van der Waals surface area contributed by atoms with Crippen LogP contribution in [0.1, 0.15) is 32.1 Å². The molecule has 2 aliphatic rings. The van der Waals surface area contributed by atoms with Gasteiger partial charge in [0.25, 0.3) is 0 Å². The number of halogens is 2. The second-order valence-electron chi connectivity index (χ2n) is 4.59. The summed E-state index contributed by atoms with van der Waals surface area (Å²) < 4.78 is 26.0. The smallest absolute Gasteiger partial charge is 0.248 e. The molecular formula is C10H16F2N2O. The lowest BCUT2D eigenvalue weighted by Gasteiger charge is -2.39. The van der Waals surface area contributed by atoms with E-state index in [9.17, 15) is 13.6 Å². The van der Waals surface area contributed by atoms with Crippen LogP contribution in [-0.4, -0.2) is 30.5 Å². The van der Waals surface area contributed by atoms with Crippen molar-refractivity contribution in [3.8, 4) is 0 Å². The van der Waals surface area contributed by atoms with E-state index in [-0.39, 0.29) is 24.3 Å². The van der Waals surface area contributed by atoms with Crippen molar-refractivity contribution in [1.82, 2.24) is 10.6 Å². The number of hydrogen-bond donors (Lipinski definition) is 2. The van der Waals surface area contributed by atoms with Crippen LogP contribution < -0.4 is 10.6 Å². The van der Waals surface area contributed by atoms with E-state index in [0.29, 0.717) is 32.4 Å². The summed E-state index contributed by atoms with van der Waals surface area (Å²) in [5.74, 6) is -2.55. The molecule has 0 aromatic rings. The van der Waals surface area contributed by atoms with E-state index in [0.717, 1.165) is 0 Å². The zero-order valence-corrected chi connectivity index (χ0v) is 8.61. The number of rotatable bonds is 0. The van der Waals surface area contributed by atoms with Crippen LogP contribution in [0.3, 0.4) is 0 Å². The van der Waals surface area contributed by atoms with E-state index < -0.39 is 5.92 Å². The first kappa shape index (κ1) is 10.8. The van der Waals surface area contributed by atoms with Crippen LogP contribution in [0.4, 0.5) is 8.78 Å². The third-order valence-corrected chi connectivity index (χ3v) is 3.38. The third-order valence-electron chi connectivity index (χ3n) is 3.38. The predicted octanol–water partition coefficient (Wildman–Crippen LogP) is 1.04. The van der Waals surface area contributed by atoms with Crippen molar-refractivity contribution in [3.63, 3.8) is 0 Å². The average Bonchev–Trinajstić information content (AvgIpc) is 2.35. The molecule has 3 nitrogen and oxygen atoms in total. The van der Waals surface area contributed by atoms with Crippen molar-refractivity contribution in [1.29, 1.82) is 0 Å². The molecule has 0 bridgehead atoms. The van der Waals surface area contributed by atoms with Gasteiger partial charge in [-0.1, -0.05) is 0 Å². The van der Waals surface area contributed by atoms with Gasteiger partial charge in [0.15, 0.2) is 0 Å². The molecule has 2 rings (SSSR count). The normalized spacial score (nSPS) is 29.6. The number of carbonyl (C=O) groups excluding carboxylic acids is 1. The molecule has 1 saturated heterocycles. The highest BCUT2D eigenvalue weighted by atomic mass is 19.3. The SMILES string of the molecule is O=C1CC2(CCC(F)(F)CC2)NCCN1. The number of amides is 1. The van der Waals surface area contributed by atoms with Crippen LogP contribution in [0.5, 0.6) is 0 Å². The highest BCUT2D eigenvalue weighted by Gasteiger charge is 2.44. The largest absolute Gasteiger partial charge is 0.355 e. The minimum Gasteiger partial charge on any atom is -0.355 e. The molecule has 5 heteroatoms. The van der Waals surface area contributed by atoms with Gasteiger partial charge in [0.1, 0.15) is 0 Å². The Labute approximate surface area is 87.6 Å². The number of carbonyl (C=O) groups is 1. The van der Waals surface area contributed by atoms with Crippen LogP contribution in [0, 0.1) is 0 Å². The second kappa shape index (κ2) is 3.70. The molecular weight excluding hydrogens is 202 g/mol. The maximum absolute atomic E-state index is 13.0. The van der Waals surface area contributed by atoms with Gasteiger partial charge in [0.2, 0.25) is 11.8 Å². The Balaban J connectivity index is 2.03. The van der Waals surface area contributed by atoms with Crippen molar-refractivity contribution < 1.29 is 13.6 Å². The average molecular weight is 218 g/mol. The zero-order chi connectivity index (χ0) is 10.9. The Hall–Kier alpha value is -0.710. The van der Waals surface area contributed by atoms with E-state index in [1.165, 1.54) is 0 Å². The highest BCUT2D eigenvalue weighted by molar-refractivity contribution is 5.77. The van der Waals surface area contributed by atoms with E-state index in [2.05, 4.69) is 10.6 Å². The van der Waals surface area contributed by atoms with Crippen LogP contribution in [0.2, 0.25) is 0 Å². The Bertz CT molecular complexity index is 258. The molecule has 1 heterocycles. The van der Waals surface area contributed by atoms with E-state index in [1.807, 2.05) is 0 Å². The maximum atomic E-state index is 13.0. The van der Waals surface area contributed by atoms with Crippen molar-refractivity contribution in [3.05, 3.63) is 0 Å². The monoisotopic (exact) mass is 218 g/mol. The molecule has 0 unspecified atom stereocenters. The summed E-state index contributed by atoms with van der Waals surface area (Å²) in [6.45, 7) is 1.27. The Morgan fingerprint density at radius 1 is 1.07 bits per heavy atom. The molecule has 1 amide bonds. The zero-order valence-electron chi connectivity index (χ0n) is 8.61. The molecule has 0 radical (unpaired) electrons. The van der Waals surface area contributed by atoms with Crippen molar-refractivity contribution in [2.75, 3.05) is 13.1 Å². The van der Waals surface area contributed by atoms with Gasteiger partial charge in [0, 0.05) is 37.9 Å². The summed E-state index contributed by atoms with van der Waals surface area (Å²) in [4.78, 5) is 11.4. The molecule has 2 fully saturated rings. The molecule has 0 aromatic heterocycles. The van der Waals surface area contributed by atoms with Gasteiger partial charge in [0.05, 0.1) is 0 Å². The molecule has 1 aliphatic carbocycles. The molecule has 0 atom stereocenters. The van der Waals surface area contributed by atoms with Crippen molar-refractivity contribution in [2.45, 2.75) is 43.6 Å². The standard InChI is InChI=1S/C10H16F2N2O/c11-10(12)3-1-9(2-4-10)7-8(15)13-5-6-14-9/h14H,1-7H2,(H,13,15). The number of nitrogens with one attached hydrogen (secondary N) is 2. The van der Waals surface area contributed by atoms with Crippen LogP contribution >= 0.6 is 0 Å². The van der Waals surface area contributed by atoms with Crippen LogP contribution in [-0.2, 0) is 4.79 Å². The Morgan fingerprint density at radius 2 is 1.73 bits per heavy atom. The van der Waals surface area contributed by atoms with Gasteiger partial charge in [-0.15, -0.1) is 0 Å². The number of hydrogen-bond acceptors (Lipinski definition) is 2. The second-order valence-corrected chi connectivity index (χ2v) is 4.59. The lowest BCUT2D eigenvalue weighted by Crippen LogP contribution is -2.50. The van der Waals surface area contributed by atoms with E-state index in [4.69, 9.17) is 0 Å². The van der Waals surface area contributed by atoms with Gasteiger partial charge < -0.3 is 10.6 Å². The minimum absolute atomic E-state index is 0.0229. The maximum Gasteiger partial charge on any atom is 0.248 e. The quantitative estimate of drug-likeness (QED) is 0.638. The topological polar surface area (TPSA) is 41.1 Å². The highest BCUT2D eigenvalue weighted by Crippen LogP contribution is 2.40. The lowest BCUT2D eigenvalue weighted by molar-refractivity contribution is -0.123. The van der Waals surface area contributed by atoms with Gasteiger partial charge in [-0.3, -0.25) is 4.79 Å². The van der Waals surface area contributed by atoms with Gasteiger partial charge >= 0.3 is 0 Å². The number of alkyl halides is 2. The fourth-order valence-electron chi connectivity index (χ4n) is 2.41. The molecule has 1 saturated carbocycles. The Morgan fingerprint density at radius 3 is 2.40 bits per heavy atom. The first-order valence-electron chi connectivity index (χ1n) is 5.41. The fourth-order valence-corrected chi connectivity index (χ4v) is 2.41. The molecule has 1 aliphatic heterocycles. The van der Waals surface area contributed by atoms with Crippen molar-refractivity contribution >= 4 is 5.91 Å². The summed E-state index contributed by atoms with van der Waals surface area (Å²) >= 11 is 0. The van der Waals surface area contributed by atoms with Gasteiger partial charge in [-0.25, -0.2) is 8.78 Å². The summed E-state index contributed by atoms with van der Waals surface area (Å²) in [6.07, 6.45) is 0.921. The summed E-state index contributed by atoms with van der Waals surface area (Å²) in [5, 5.41) is 6.00. The lowest BCUT2D eigenvalue weighted by atomic mass is 9.77. The predicted molar refractivity (Wildman–Crippen MR) is 51.8 cm³/mol. The van der Waals surface area contributed by atoms with Gasteiger partial charge in [-0.05, 0) is 12.8 Å². The van der Waals surface area contributed by atoms with Gasteiger partial charge in [-0.2, -0.15) is 0 Å². The molecule has 1 spiro atoms. The van der Waals surface area contributed by atoms with Crippen molar-refractivity contribution in [2.24, 2.45) is 0 Å². The summed E-state index contributed by atoms with van der Waals surface area (Å²) in [7, 11) is 0. The first-order valence-corrected chi connectivity index (χ1v) is 5.41. The third kappa shape index (κ3) is 2.45. The fraction of sp³-hybridized carbons (Fsp3) is 0.900. The summed E-state index contributed by atoms with van der Waals surface area (Å²) in [5.41, 5.74) is -0.373. The Kier molecular flexibility index (Phi) is 2.66. The van der Waals surface area contributed by atoms with Crippen LogP contribution in [0.25, 0.3) is 0 Å². The molecule has 15 heavy (non-hydrogen) atoms. The van der Waals surface area contributed by atoms with E-state index in [1.54, 1.807) is 0 Å². The van der Waals surface area contributed by atoms with E-state index >= 15 is 0 Å². The van der Waals surface area contributed by atoms with Crippen LogP contribution in [0.15, 0.2) is 0 Å². The molecule has 0 aromatic carbocycles. The minimum atomic E-state index is -2.53. The molecule has 2 N–H and O–H groups in total. The molecule has 86 valence electrons. The summed E-state index contributed by atoms with van der Waals surface area (Å²) in [6, 6.07) is 0. The first-order chi connectivity index (χ1) is 7.02.